The molecule has 8 nitrogen and oxygen atoms in total. The molecular formula is C31H34N6O2. The third-order valence-electron chi connectivity index (χ3n) is 7.60. The van der Waals surface area contributed by atoms with Crippen molar-refractivity contribution in [1.82, 2.24) is 19.8 Å². The molecule has 3 aromatic carbocycles. The lowest BCUT2D eigenvalue weighted by atomic mass is 10.0. The quantitative estimate of drug-likeness (QED) is 0.360. The molecule has 8 heteroatoms. The van der Waals surface area contributed by atoms with Crippen LogP contribution in [0.1, 0.15) is 18.4 Å². The summed E-state index contributed by atoms with van der Waals surface area (Å²) >= 11 is 0. The Balaban J connectivity index is 1.11. The van der Waals surface area contributed by atoms with Gasteiger partial charge in [0.25, 0.3) is 0 Å². The molecule has 2 aliphatic rings. The fraction of sp³-hybridized carbons (Fsp3) is 0.323. The van der Waals surface area contributed by atoms with E-state index in [2.05, 4.69) is 27.3 Å². The lowest BCUT2D eigenvalue weighted by Crippen LogP contribution is -2.52. The van der Waals surface area contributed by atoms with Gasteiger partial charge in [-0.25, -0.2) is 9.78 Å². The summed E-state index contributed by atoms with van der Waals surface area (Å²) in [5.74, 6) is 0.847. The summed E-state index contributed by atoms with van der Waals surface area (Å²) in [5.41, 5.74) is 5.79. The van der Waals surface area contributed by atoms with E-state index < -0.39 is 6.23 Å². The second kappa shape index (κ2) is 11.3. The first kappa shape index (κ1) is 25.1. The average Bonchev–Trinajstić information content (AvgIpc) is 3.52. The van der Waals surface area contributed by atoms with Crippen LogP contribution in [0.15, 0.2) is 79.0 Å². The Labute approximate surface area is 228 Å². The molecule has 4 aromatic rings. The minimum atomic E-state index is -0.659. The summed E-state index contributed by atoms with van der Waals surface area (Å²) < 4.78 is 0. The van der Waals surface area contributed by atoms with Crippen LogP contribution in [0.25, 0.3) is 22.2 Å². The molecule has 0 aliphatic carbocycles. The molecule has 0 saturated carbocycles. The minimum Gasteiger partial charge on any atom is -0.373 e. The number of likely N-dealkylation sites (tertiary alicyclic amines) is 1. The molecule has 6 rings (SSSR count). The van der Waals surface area contributed by atoms with Gasteiger partial charge in [-0.05, 0) is 53.8 Å². The van der Waals surface area contributed by atoms with E-state index in [1.54, 1.807) is 0 Å². The number of amides is 2. The van der Waals surface area contributed by atoms with Crippen LogP contribution in [0, 0.1) is 0 Å². The number of carbonyl (C=O) groups is 1. The number of rotatable bonds is 6. The summed E-state index contributed by atoms with van der Waals surface area (Å²) in [5, 5.41) is 13.6. The molecule has 1 unspecified atom stereocenters. The highest BCUT2D eigenvalue weighted by Crippen LogP contribution is 2.26. The predicted molar refractivity (Wildman–Crippen MR) is 155 cm³/mol. The maximum atomic E-state index is 12.7. The number of hydrogen-bond acceptors (Lipinski definition) is 6. The molecule has 200 valence electrons. The first-order valence-electron chi connectivity index (χ1n) is 13.8. The molecule has 1 aromatic heterocycles. The summed E-state index contributed by atoms with van der Waals surface area (Å²) in [4.78, 5) is 28.5. The Morgan fingerprint density at radius 1 is 0.821 bits per heavy atom. The molecule has 39 heavy (non-hydrogen) atoms. The van der Waals surface area contributed by atoms with Crippen molar-refractivity contribution in [2.75, 3.05) is 49.5 Å². The van der Waals surface area contributed by atoms with E-state index in [0.717, 1.165) is 78.2 Å². The predicted octanol–water partition coefficient (Wildman–Crippen LogP) is 4.61. The Bertz CT molecular complexity index is 1410. The second-order valence-corrected chi connectivity index (χ2v) is 10.3. The smallest absolute Gasteiger partial charge is 0.320 e. The number of carbonyl (C=O) groups excluding carboxylic acids is 1. The van der Waals surface area contributed by atoms with Gasteiger partial charge in [0.05, 0.1) is 17.2 Å². The highest BCUT2D eigenvalue weighted by atomic mass is 16.3. The lowest BCUT2D eigenvalue weighted by Gasteiger charge is -2.37. The number of anilines is 2. The summed E-state index contributed by atoms with van der Waals surface area (Å²) in [7, 11) is 0. The summed E-state index contributed by atoms with van der Waals surface area (Å²) in [6.45, 7) is 4.68. The molecule has 1 atom stereocenters. The van der Waals surface area contributed by atoms with Crippen molar-refractivity contribution >= 4 is 28.6 Å². The fourth-order valence-electron chi connectivity index (χ4n) is 5.41. The van der Waals surface area contributed by atoms with Crippen LogP contribution in [0.3, 0.4) is 0 Å². The largest absolute Gasteiger partial charge is 0.373 e. The van der Waals surface area contributed by atoms with E-state index in [4.69, 9.17) is 4.98 Å². The van der Waals surface area contributed by atoms with Crippen molar-refractivity contribution in [3.63, 3.8) is 0 Å². The number of piperazine rings is 1. The van der Waals surface area contributed by atoms with Crippen molar-refractivity contribution in [2.45, 2.75) is 25.5 Å². The minimum absolute atomic E-state index is 0.174. The third-order valence-corrected chi connectivity index (χ3v) is 7.60. The van der Waals surface area contributed by atoms with Crippen LogP contribution >= 0.6 is 0 Å². The number of urea groups is 1. The van der Waals surface area contributed by atoms with Gasteiger partial charge >= 0.3 is 6.03 Å². The second-order valence-electron chi connectivity index (χ2n) is 10.3. The number of benzene rings is 3. The first-order chi connectivity index (χ1) is 19.1. The van der Waals surface area contributed by atoms with Gasteiger partial charge in [0.15, 0.2) is 0 Å². The number of aliphatic hydroxyl groups excluding tert-OH is 1. The standard InChI is InChI=1S/C31H34N6O2/c38-30(20-23-6-2-1-3-7-23)33-26-11-8-24(9-12-26)25-10-13-27-28(21-25)34-29(22-32-27)35-16-18-37(19-17-35)31(39)36-14-4-5-15-36/h1-3,6-13,21-22,30,33,38H,4-5,14-20H2. The molecule has 2 amide bonds. The SMILES string of the molecule is O=C(N1CCCC1)N1CCN(c2cnc3ccc(-c4ccc(NC(O)Cc5ccccc5)cc4)cc3n2)CC1. The van der Waals surface area contributed by atoms with Gasteiger partial charge < -0.3 is 25.1 Å². The van der Waals surface area contributed by atoms with Gasteiger partial charge in [0.1, 0.15) is 12.0 Å². The van der Waals surface area contributed by atoms with Gasteiger partial charge in [-0.2, -0.15) is 0 Å². The van der Waals surface area contributed by atoms with Crippen LogP contribution in [0.5, 0.6) is 0 Å². The van der Waals surface area contributed by atoms with Crippen molar-refractivity contribution in [3.05, 3.63) is 84.6 Å². The summed E-state index contributed by atoms with van der Waals surface area (Å²) in [6.07, 6.45) is 3.94. The first-order valence-corrected chi connectivity index (χ1v) is 13.8. The maximum absolute atomic E-state index is 12.7. The molecule has 0 bridgehead atoms. The maximum Gasteiger partial charge on any atom is 0.320 e. The third kappa shape index (κ3) is 5.81. The zero-order chi connectivity index (χ0) is 26.6. The van der Waals surface area contributed by atoms with E-state index in [9.17, 15) is 9.90 Å². The van der Waals surface area contributed by atoms with Gasteiger partial charge in [-0.3, -0.25) is 4.98 Å². The number of aliphatic hydroxyl groups is 1. The van der Waals surface area contributed by atoms with Crippen LogP contribution in [0.2, 0.25) is 0 Å². The van der Waals surface area contributed by atoms with Gasteiger partial charge in [0, 0.05) is 51.4 Å². The van der Waals surface area contributed by atoms with Gasteiger partial charge in [-0.15, -0.1) is 0 Å². The topological polar surface area (TPSA) is 84.8 Å². The van der Waals surface area contributed by atoms with Gasteiger partial charge in [-0.1, -0.05) is 48.5 Å². The average molecular weight is 523 g/mol. The number of nitrogens with one attached hydrogen (secondary N) is 1. The molecule has 2 fully saturated rings. The molecule has 2 aliphatic heterocycles. The summed E-state index contributed by atoms with van der Waals surface area (Å²) in [6, 6.07) is 24.3. The van der Waals surface area contributed by atoms with Gasteiger partial charge in [0.2, 0.25) is 0 Å². The number of nitrogens with zero attached hydrogens (tertiary/aromatic N) is 5. The Hall–Kier alpha value is -4.17. The normalized spacial score (nSPS) is 16.5. The number of hydrogen-bond donors (Lipinski definition) is 2. The Morgan fingerprint density at radius 3 is 2.26 bits per heavy atom. The fourth-order valence-corrected chi connectivity index (χ4v) is 5.41. The van der Waals surface area contributed by atoms with E-state index in [-0.39, 0.29) is 6.03 Å². The van der Waals surface area contributed by atoms with Crippen LogP contribution < -0.4 is 10.2 Å². The monoisotopic (exact) mass is 522 g/mol. The highest BCUT2D eigenvalue weighted by Gasteiger charge is 2.27. The molecule has 0 spiro atoms. The Morgan fingerprint density at radius 2 is 1.51 bits per heavy atom. The zero-order valence-corrected chi connectivity index (χ0v) is 22.0. The molecule has 2 N–H and O–H groups in total. The van der Waals surface area contributed by atoms with Crippen LogP contribution in [-0.2, 0) is 6.42 Å². The molecule has 3 heterocycles. The lowest BCUT2D eigenvalue weighted by molar-refractivity contribution is 0.159. The van der Waals surface area contributed by atoms with E-state index in [1.807, 2.05) is 76.7 Å². The van der Waals surface area contributed by atoms with E-state index in [0.29, 0.717) is 19.5 Å². The van der Waals surface area contributed by atoms with E-state index >= 15 is 0 Å². The molecule has 0 radical (unpaired) electrons. The zero-order valence-electron chi connectivity index (χ0n) is 22.0. The highest BCUT2D eigenvalue weighted by molar-refractivity contribution is 5.82. The van der Waals surface area contributed by atoms with E-state index in [1.165, 1.54) is 0 Å². The van der Waals surface area contributed by atoms with Crippen LogP contribution in [0.4, 0.5) is 16.3 Å². The van der Waals surface area contributed by atoms with Crippen molar-refractivity contribution in [2.24, 2.45) is 0 Å². The van der Waals surface area contributed by atoms with Crippen molar-refractivity contribution < 1.29 is 9.90 Å². The molecule has 2 saturated heterocycles. The number of aromatic nitrogens is 2. The molecular weight excluding hydrogens is 488 g/mol. The van der Waals surface area contributed by atoms with Crippen molar-refractivity contribution in [3.8, 4) is 11.1 Å². The van der Waals surface area contributed by atoms with Crippen LogP contribution in [-0.4, -0.2) is 76.4 Å². The number of fused-ring (bicyclic) bond motifs is 1. The Kier molecular flexibility index (Phi) is 7.27. The van der Waals surface area contributed by atoms with Crippen molar-refractivity contribution in [1.29, 1.82) is 0 Å².